The smallest absolute Gasteiger partial charge is 0.326 e. The first-order valence-electron chi connectivity index (χ1n) is 6.76. The van der Waals surface area contributed by atoms with Gasteiger partial charge >= 0.3 is 5.97 Å². The van der Waals surface area contributed by atoms with Crippen molar-refractivity contribution >= 4 is 11.9 Å². The van der Waals surface area contributed by atoms with Crippen molar-refractivity contribution in [2.24, 2.45) is 5.92 Å². The maximum absolute atomic E-state index is 12.1. The summed E-state index contributed by atoms with van der Waals surface area (Å²) in [6.45, 7) is 8.32. The number of carbonyl (C=O) groups is 2. The number of carbonyl (C=O) groups excluding carboxylic acids is 1. The Hall–Kier alpha value is -1.14. The Kier molecular flexibility index (Phi) is 6.24. The van der Waals surface area contributed by atoms with E-state index in [9.17, 15) is 9.59 Å². The molecule has 0 bridgehead atoms. The number of carboxylic acid groups (broad SMARTS) is 1. The summed E-state index contributed by atoms with van der Waals surface area (Å²) in [4.78, 5) is 25.2. The lowest BCUT2D eigenvalue weighted by Gasteiger charge is -2.32. The van der Waals surface area contributed by atoms with Gasteiger partial charge in [-0.25, -0.2) is 4.79 Å². The molecule has 110 valence electrons. The standard InChI is InChI=1S/C13H24N2O4/c1-9(2)8-11(13(17)18)14-12(16)10(3)15-4-6-19-7-5-15/h9-11H,4-8H2,1-3H3,(H,14,16)(H,17,18)/t10?,11-/m1/s1. The van der Waals surface area contributed by atoms with Crippen molar-refractivity contribution in [2.75, 3.05) is 26.3 Å². The van der Waals surface area contributed by atoms with Crippen molar-refractivity contribution in [3.8, 4) is 0 Å². The number of amides is 1. The number of ether oxygens (including phenoxy) is 1. The van der Waals surface area contributed by atoms with Crippen LogP contribution < -0.4 is 5.32 Å². The molecule has 0 aromatic carbocycles. The third-order valence-corrected chi connectivity index (χ3v) is 3.29. The molecule has 2 N–H and O–H groups in total. The van der Waals surface area contributed by atoms with Gasteiger partial charge in [-0.3, -0.25) is 9.69 Å². The molecule has 6 heteroatoms. The zero-order valence-corrected chi connectivity index (χ0v) is 11.9. The highest BCUT2D eigenvalue weighted by atomic mass is 16.5. The van der Waals surface area contributed by atoms with Crippen LogP contribution in [0.1, 0.15) is 27.2 Å². The molecule has 1 aliphatic heterocycles. The van der Waals surface area contributed by atoms with Crippen molar-refractivity contribution in [1.29, 1.82) is 0 Å². The van der Waals surface area contributed by atoms with Gasteiger partial charge in [-0.1, -0.05) is 13.8 Å². The van der Waals surface area contributed by atoms with E-state index in [-0.39, 0.29) is 17.9 Å². The summed E-state index contributed by atoms with van der Waals surface area (Å²) in [5.41, 5.74) is 0. The fourth-order valence-corrected chi connectivity index (χ4v) is 2.12. The fraction of sp³-hybridized carbons (Fsp3) is 0.846. The van der Waals surface area contributed by atoms with Gasteiger partial charge in [0.15, 0.2) is 0 Å². The summed E-state index contributed by atoms with van der Waals surface area (Å²) in [6, 6.07) is -1.13. The van der Waals surface area contributed by atoms with Crippen LogP contribution in [0.4, 0.5) is 0 Å². The van der Waals surface area contributed by atoms with Crippen LogP contribution in [0.15, 0.2) is 0 Å². The molecule has 0 aromatic rings. The van der Waals surface area contributed by atoms with Gasteiger partial charge in [0.1, 0.15) is 6.04 Å². The van der Waals surface area contributed by atoms with Crippen LogP contribution in [0.3, 0.4) is 0 Å². The highest BCUT2D eigenvalue weighted by Gasteiger charge is 2.27. The number of hydrogen-bond acceptors (Lipinski definition) is 4. The molecule has 0 spiro atoms. The number of nitrogens with zero attached hydrogens (tertiary/aromatic N) is 1. The lowest BCUT2D eigenvalue weighted by atomic mass is 10.0. The SMILES string of the molecule is CC(C)C[C@@H](NC(=O)C(C)N1CCOCC1)C(=O)O. The normalized spacial score (nSPS) is 20.0. The van der Waals surface area contributed by atoms with Crippen molar-refractivity contribution in [3.05, 3.63) is 0 Å². The maximum atomic E-state index is 12.1. The summed E-state index contributed by atoms with van der Waals surface area (Å²) < 4.78 is 5.23. The quantitative estimate of drug-likeness (QED) is 0.728. The van der Waals surface area contributed by atoms with Crippen LogP contribution in [0.25, 0.3) is 0 Å². The third-order valence-electron chi connectivity index (χ3n) is 3.29. The van der Waals surface area contributed by atoms with Gasteiger partial charge in [0.2, 0.25) is 5.91 Å². The number of rotatable bonds is 6. The molecule has 19 heavy (non-hydrogen) atoms. The molecule has 1 fully saturated rings. The van der Waals surface area contributed by atoms with Crippen LogP contribution in [-0.4, -0.2) is 60.3 Å². The zero-order valence-electron chi connectivity index (χ0n) is 11.9. The molecule has 0 saturated carbocycles. The summed E-state index contributed by atoms with van der Waals surface area (Å²) in [5.74, 6) is -0.980. The second kappa shape index (κ2) is 7.45. The highest BCUT2D eigenvalue weighted by molar-refractivity contribution is 5.86. The number of aliphatic carboxylic acids is 1. The topological polar surface area (TPSA) is 78.9 Å². The summed E-state index contributed by atoms with van der Waals surface area (Å²) >= 11 is 0. The Bertz CT molecular complexity index is 314. The molecule has 6 nitrogen and oxygen atoms in total. The summed E-state index contributed by atoms with van der Waals surface area (Å²) in [7, 11) is 0. The van der Waals surface area contributed by atoms with Crippen molar-refractivity contribution in [2.45, 2.75) is 39.3 Å². The molecule has 0 aromatic heterocycles. The minimum atomic E-state index is -0.976. The summed E-state index contributed by atoms with van der Waals surface area (Å²) in [5, 5.41) is 11.7. The van der Waals surface area contributed by atoms with Gasteiger partial charge in [0.25, 0.3) is 0 Å². The average Bonchev–Trinajstić information content (AvgIpc) is 2.37. The fourth-order valence-electron chi connectivity index (χ4n) is 2.12. The lowest BCUT2D eigenvalue weighted by molar-refractivity contribution is -0.143. The zero-order chi connectivity index (χ0) is 14.4. The van der Waals surface area contributed by atoms with E-state index in [1.165, 1.54) is 0 Å². The minimum Gasteiger partial charge on any atom is -0.480 e. The number of morpholine rings is 1. The molecule has 1 amide bonds. The monoisotopic (exact) mass is 272 g/mol. The van der Waals surface area contributed by atoms with E-state index in [0.717, 1.165) is 0 Å². The predicted octanol–water partition coefficient (Wildman–Crippen LogP) is 0.323. The number of carboxylic acids is 1. The van der Waals surface area contributed by atoms with Gasteiger partial charge in [0.05, 0.1) is 19.3 Å². The van der Waals surface area contributed by atoms with Crippen LogP contribution in [0.2, 0.25) is 0 Å². The van der Waals surface area contributed by atoms with Crippen molar-refractivity contribution in [3.63, 3.8) is 0 Å². The Morgan fingerprint density at radius 2 is 1.84 bits per heavy atom. The molecule has 0 radical (unpaired) electrons. The molecule has 0 aliphatic carbocycles. The van der Waals surface area contributed by atoms with E-state index >= 15 is 0 Å². The molecule has 1 aliphatic rings. The van der Waals surface area contributed by atoms with Crippen LogP contribution >= 0.6 is 0 Å². The third kappa shape index (κ3) is 5.16. The number of nitrogens with one attached hydrogen (secondary N) is 1. The predicted molar refractivity (Wildman–Crippen MR) is 70.9 cm³/mol. The largest absolute Gasteiger partial charge is 0.480 e. The average molecular weight is 272 g/mol. The van der Waals surface area contributed by atoms with Gasteiger partial charge in [-0.05, 0) is 19.3 Å². The molecule has 1 unspecified atom stereocenters. The van der Waals surface area contributed by atoms with E-state index in [0.29, 0.717) is 32.7 Å². The molecule has 1 rings (SSSR count). The van der Waals surface area contributed by atoms with Gasteiger partial charge < -0.3 is 15.2 Å². The van der Waals surface area contributed by atoms with Crippen LogP contribution in [0.5, 0.6) is 0 Å². The molecular formula is C13H24N2O4. The first-order chi connectivity index (χ1) is 8.91. The first kappa shape index (κ1) is 15.9. The second-order valence-electron chi connectivity index (χ2n) is 5.35. The Morgan fingerprint density at radius 1 is 1.26 bits per heavy atom. The number of hydrogen-bond donors (Lipinski definition) is 2. The van der Waals surface area contributed by atoms with Gasteiger partial charge in [-0.15, -0.1) is 0 Å². The first-order valence-corrected chi connectivity index (χ1v) is 6.76. The van der Waals surface area contributed by atoms with E-state index in [1.54, 1.807) is 6.92 Å². The van der Waals surface area contributed by atoms with Crippen LogP contribution in [0, 0.1) is 5.92 Å². The Morgan fingerprint density at radius 3 is 2.32 bits per heavy atom. The van der Waals surface area contributed by atoms with E-state index in [1.807, 2.05) is 18.7 Å². The van der Waals surface area contributed by atoms with Crippen LogP contribution in [-0.2, 0) is 14.3 Å². The van der Waals surface area contributed by atoms with Crippen molar-refractivity contribution < 1.29 is 19.4 Å². The molecule has 1 saturated heterocycles. The lowest BCUT2D eigenvalue weighted by Crippen LogP contribution is -2.53. The second-order valence-corrected chi connectivity index (χ2v) is 5.35. The molecular weight excluding hydrogens is 248 g/mol. The molecule has 2 atom stereocenters. The Labute approximate surface area is 114 Å². The Balaban J connectivity index is 2.52. The molecule has 1 heterocycles. The van der Waals surface area contributed by atoms with E-state index in [2.05, 4.69) is 5.32 Å². The van der Waals surface area contributed by atoms with Gasteiger partial charge in [0, 0.05) is 13.1 Å². The minimum absolute atomic E-state index is 0.222. The highest BCUT2D eigenvalue weighted by Crippen LogP contribution is 2.08. The van der Waals surface area contributed by atoms with E-state index in [4.69, 9.17) is 9.84 Å². The summed E-state index contributed by atoms with van der Waals surface area (Å²) in [6.07, 6.45) is 0.441. The maximum Gasteiger partial charge on any atom is 0.326 e. The van der Waals surface area contributed by atoms with E-state index < -0.39 is 12.0 Å². The van der Waals surface area contributed by atoms with Gasteiger partial charge in [-0.2, -0.15) is 0 Å². The van der Waals surface area contributed by atoms with Crippen molar-refractivity contribution in [1.82, 2.24) is 10.2 Å².